The molecule has 2 rings (SSSR count). The first-order valence-electron chi connectivity index (χ1n) is 7.09. The van der Waals surface area contributed by atoms with Crippen molar-refractivity contribution in [2.75, 3.05) is 5.32 Å². The van der Waals surface area contributed by atoms with E-state index < -0.39 is 0 Å². The van der Waals surface area contributed by atoms with Gasteiger partial charge in [-0.05, 0) is 90.5 Å². The summed E-state index contributed by atoms with van der Waals surface area (Å²) in [7, 11) is 0. The SMILES string of the molecule is Cc1cc(C)c(C(C)Nc2cc(Cl)c(C)cc2Br)cc1C. The molecule has 0 aromatic heterocycles. The highest BCUT2D eigenvalue weighted by Crippen LogP contribution is 2.32. The van der Waals surface area contributed by atoms with Crippen molar-refractivity contribution in [2.24, 2.45) is 0 Å². The van der Waals surface area contributed by atoms with Crippen LogP contribution in [0.15, 0.2) is 28.7 Å². The van der Waals surface area contributed by atoms with Gasteiger partial charge in [0.2, 0.25) is 0 Å². The predicted octanol–water partition coefficient (Wildman–Crippen LogP) is 6.51. The maximum Gasteiger partial charge on any atom is 0.0504 e. The second-order valence-electron chi connectivity index (χ2n) is 5.74. The molecule has 2 aromatic rings. The van der Waals surface area contributed by atoms with Gasteiger partial charge in [-0.25, -0.2) is 0 Å². The highest BCUT2D eigenvalue weighted by Gasteiger charge is 2.12. The Bertz CT molecular complexity index is 679. The van der Waals surface area contributed by atoms with E-state index in [4.69, 9.17) is 11.6 Å². The quantitative estimate of drug-likeness (QED) is 0.653. The van der Waals surface area contributed by atoms with Crippen molar-refractivity contribution >= 4 is 33.2 Å². The van der Waals surface area contributed by atoms with Gasteiger partial charge in [0, 0.05) is 15.5 Å². The summed E-state index contributed by atoms with van der Waals surface area (Å²) in [5.41, 5.74) is 7.39. The fourth-order valence-corrected chi connectivity index (χ4v) is 3.25. The standard InChI is InChI=1S/C18H21BrClN/c1-10-6-12(3)15(7-11(10)2)14(5)21-18-9-17(20)13(4)8-16(18)19/h6-9,14,21H,1-5H3. The number of rotatable bonds is 3. The maximum atomic E-state index is 6.23. The largest absolute Gasteiger partial charge is 0.378 e. The second-order valence-corrected chi connectivity index (χ2v) is 7.00. The van der Waals surface area contributed by atoms with Crippen LogP contribution in [0.25, 0.3) is 0 Å². The molecular weight excluding hydrogens is 346 g/mol. The van der Waals surface area contributed by atoms with E-state index >= 15 is 0 Å². The van der Waals surface area contributed by atoms with Crippen molar-refractivity contribution in [3.05, 3.63) is 61.6 Å². The summed E-state index contributed by atoms with van der Waals surface area (Å²) in [6.07, 6.45) is 0. The van der Waals surface area contributed by atoms with E-state index in [1.165, 1.54) is 22.3 Å². The van der Waals surface area contributed by atoms with Gasteiger partial charge in [-0.15, -0.1) is 0 Å². The normalized spacial score (nSPS) is 12.3. The van der Waals surface area contributed by atoms with Gasteiger partial charge in [0.05, 0.1) is 5.69 Å². The van der Waals surface area contributed by atoms with Crippen LogP contribution < -0.4 is 5.32 Å². The highest BCUT2D eigenvalue weighted by molar-refractivity contribution is 9.10. The summed E-state index contributed by atoms with van der Waals surface area (Å²) in [4.78, 5) is 0. The zero-order valence-corrected chi connectivity index (χ0v) is 15.5. The van der Waals surface area contributed by atoms with E-state index in [1.54, 1.807) is 0 Å². The molecule has 3 heteroatoms. The summed E-state index contributed by atoms with van der Waals surface area (Å²) in [5.74, 6) is 0. The van der Waals surface area contributed by atoms with E-state index in [1.807, 2.05) is 19.1 Å². The van der Waals surface area contributed by atoms with Gasteiger partial charge >= 0.3 is 0 Å². The predicted molar refractivity (Wildman–Crippen MR) is 96.6 cm³/mol. The summed E-state index contributed by atoms with van der Waals surface area (Å²) in [6.45, 7) is 10.7. The van der Waals surface area contributed by atoms with Crippen molar-refractivity contribution < 1.29 is 0 Å². The molecule has 0 aliphatic carbocycles. The Kier molecular flexibility index (Phi) is 5.00. The monoisotopic (exact) mass is 365 g/mol. The summed E-state index contributed by atoms with van der Waals surface area (Å²) in [6, 6.07) is 8.77. The molecular formula is C18H21BrClN. The van der Waals surface area contributed by atoms with Crippen LogP contribution in [0.3, 0.4) is 0 Å². The van der Waals surface area contributed by atoms with Crippen molar-refractivity contribution in [3.8, 4) is 0 Å². The van der Waals surface area contributed by atoms with Crippen LogP contribution >= 0.6 is 27.5 Å². The smallest absolute Gasteiger partial charge is 0.0504 e. The lowest BCUT2D eigenvalue weighted by Crippen LogP contribution is -2.09. The topological polar surface area (TPSA) is 12.0 Å². The molecule has 0 aliphatic heterocycles. The number of hydrogen-bond donors (Lipinski definition) is 1. The number of aryl methyl sites for hydroxylation is 4. The first-order chi connectivity index (χ1) is 9.79. The number of hydrogen-bond acceptors (Lipinski definition) is 1. The minimum atomic E-state index is 0.222. The van der Waals surface area contributed by atoms with Gasteiger partial charge < -0.3 is 5.32 Å². The average molecular weight is 367 g/mol. The third kappa shape index (κ3) is 3.61. The molecule has 0 amide bonds. The molecule has 21 heavy (non-hydrogen) atoms. The van der Waals surface area contributed by atoms with Crippen molar-refractivity contribution in [1.82, 2.24) is 0 Å². The van der Waals surface area contributed by atoms with Gasteiger partial charge in [0.15, 0.2) is 0 Å². The summed E-state index contributed by atoms with van der Waals surface area (Å²) < 4.78 is 1.04. The lowest BCUT2D eigenvalue weighted by atomic mass is 9.96. The van der Waals surface area contributed by atoms with Crippen molar-refractivity contribution in [1.29, 1.82) is 0 Å². The number of nitrogens with one attached hydrogen (secondary N) is 1. The van der Waals surface area contributed by atoms with E-state index in [9.17, 15) is 0 Å². The molecule has 1 nitrogen and oxygen atoms in total. The van der Waals surface area contributed by atoms with E-state index in [0.717, 1.165) is 20.7 Å². The molecule has 0 saturated carbocycles. The molecule has 1 N–H and O–H groups in total. The Labute approximate surface area is 140 Å². The van der Waals surface area contributed by atoms with E-state index in [2.05, 4.69) is 61.1 Å². The molecule has 112 valence electrons. The van der Waals surface area contributed by atoms with Gasteiger partial charge in [0.1, 0.15) is 0 Å². The zero-order chi connectivity index (χ0) is 15.7. The van der Waals surface area contributed by atoms with Crippen LogP contribution in [-0.4, -0.2) is 0 Å². The first kappa shape index (κ1) is 16.4. The summed E-state index contributed by atoms with van der Waals surface area (Å²) in [5, 5.41) is 4.33. The molecule has 2 aromatic carbocycles. The van der Waals surface area contributed by atoms with Crippen molar-refractivity contribution in [3.63, 3.8) is 0 Å². The Morgan fingerprint density at radius 1 is 0.905 bits per heavy atom. The molecule has 0 spiro atoms. The fraction of sp³-hybridized carbons (Fsp3) is 0.333. The van der Waals surface area contributed by atoms with Crippen LogP contribution in [0.4, 0.5) is 5.69 Å². The molecule has 0 radical (unpaired) electrons. The average Bonchev–Trinajstić information content (AvgIpc) is 2.40. The maximum absolute atomic E-state index is 6.23. The number of halogens is 2. The van der Waals surface area contributed by atoms with Crippen LogP contribution in [-0.2, 0) is 0 Å². The molecule has 1 atom stereocenters. The fourth-order valence-electron chi connectivity index (χ4n) is 2.52. The van der Waals surface area contributed by atoms with E-state index in [0.29, 0.717) is 0 Å². The number of benzene rings is 2. The molecule has 0 heterocycles. The third-order valence-corrected chi connectivity index (χ3v) is 5.03. The van der Waals surface area contributed by atoms with Gasteiger partial charge in [0.25, 0.3) is 0 Å². The Balaban J connectivity index is 2.32. The summed E-state index contributed by atoms with van der Waals surface area (Å²) >= 11 is 9.84. The molecule has 1 unspecified atom stereocenters. The zero-order valence-electron chi connectivity index (χ0n) is 13.1. The first-order valence-corrected chi connectivity index (χ1v) is 8.26. The minimum absolute atomic E-state index is 0.222. The third-order valence-electron chi connectivity index (χ3n) is 3.97. The molecule has 0 saturated heterocycles. The second kappa shape index (κ2) is 6.41. The Morgan fingerprint density at radius 3 is 2.19 bits per heavy atom. The lowest BCUT2D eigenvalue weighted by Gasteiger charge is -2.21. The Morgan fingerprint density at radius 2 is 1.52 bits per heavy atom. The lowest BCUT2D eigenvalue weighted by molar-refractivity contribution is 0.869. The van der Waals surface area contributed by atoms with Crippen LogP contribution in [0, 0.1) is 27.7 Å². The molecule has 0 aliphatic rings. The van der Waals surface area contributed by atoms with Gasteiger partial charge in [-0.1, -0.05) is 23.7 Å². The van der Waals surface area contributed by atoms with E-state index in [-0.39, 0.29) is 6.04 Å². The minimum Gasteiger partial charge on any atom is -0.378 e. The van der Waals surface area contributed by atoms with Crippen LogP contribution in [0.1, 0.15) is 40.8 Å². The van der Waals surface area contributed by atoms with Crippen LogP contribution in [0.5, 0.6) is 0 Å². The van der Waals surface area contributed by atoms with Crippen molar-refractivity contribution in [2.45, 2.75) is 40.7 Å². The van der Waals surface area contributed by atoms with Gasteiger partial charge in [-0.3, -0.25) is 0 Å². The molecule has 0 bridgehead atoms. The Hall–Kier alpha value is -0.990. The number of anilines is 1. The van der Waals surface area contributed by atoms with Gasteiger partial charge in [-0.2, -0.15) is 0 Å². The van der Waals surface area contributed by atoms with Crippen LogP contribution in [0.2, 0.25) is 5.02 Å². The molecule has 0 fully saturated rings. The highest BCUT2D eigenvalue weighted by atomic mass is 79.9.